The van der Waals surface area contributed by atoms with Crippen LogP contribution in [-0.2, 0) is 16.1 Å². The summed E-state index contributed by atoms with van der Waals surface area (Å²) in [5.74, 6) is 0.772. The van der Waals surface area contributed by atoms with Crippen LogP contribution in [0.4, 0.5) is 0 Å². The maximum atomic E-state index is 5.89. The predicted molar refractivity (Wildman–Crippen MR) is 90.8 cm³/mol. The number of ether oxygens (including phenoxy) is 3. The Morgan fingerprint density at radius 3 is 2.50 bits per heavy atom. The molecule has 0 saturated carbocycles. The normalized spacial score (nSPS) is 12.7. The van der Waals surface area contributed by atoms with Crippen LogP contribution in [0.1, 0.15) is 18.5 Å². The minimum Gasteiger partial charge on any atom is -0.489 e. The molecule has 6 nitrogen and oxygen atoms in total. The lowest BCUT2D eigenvalue weighted by Gasteiger charge is -2.21. The van der Waals surface area contributed by atoms with Gasteiger partial charge in [-0.15, -0.1) is 5.10 Å². The molecule has 126 valence electrons. The summed E-state index contributed by atoms with van der Waals surface area (Å²) >= 11 is 0. The van der Waals surface area contributed by atoms with Crippen molar-refractivity contribution in [3.05, 3.63) is 54.1 Å². The first-order valence-corrected chi connectivity index (χ1v) is 7.80. The number of hydrogen-bond donors (Lipinski definition) is 0. The molecule has 0 bridgehead atoms. The second-order valence-electron chi connectivity index (χ2n) is 5.54. The Labute approximate surface area is 140 Å². The van der Waals surface area contributed by atoms with Gasteiger partial charge in [-0.25, -0.2) is 4.68 Å². The average molecular weight is 327 g/mol. The van der Waals surface area contributed by atoms with E-state index in [0.29, 0.717) is 6.61 Å². The summed E-state index contributed by atoms with van der Waals surface area (Å²) in [4.78, 5) is 0. The van der Waals surface area contributed by atoms with Crippen LogP contribution >= 0.6 is 0 Å². The van der Waals surface area contributed by atoms with Crippen LogP contribution in [-0.4, -0.2) is 35.5 Å². The number of benzene rings is 2. The molecule has 1 unspecified atom stereocenters. The van der Waals surface area contributed by atoms with Crippen LogP contribution in [0.2, 0.25) is 0 Å². The van der Waals surface area contributed by atoms with Gasteiger partial charge in [0.2, 0.25) is 0 Å². The van der Waals surface area contributed by atoms with Crippen LogP contribution in [0, 0.1) is 0 Å². The molecule has 0 spiro atoms. The summed E-state index contributed by atoms with van der Waals surface area (Å²) in [7, 11) is 3.22. The highest BCUT2D eigenvalue weighted by Gasteiger charge is 2.21. The molecular weight excluding hydrogens is 306 g/mol. The van der Waals surface area contributed by atoms with Gasteiger partial charge in [-0.2, -0.15) is 0 Å². The highest BCUT2D eigenvalue weighted by molar-refractivity contribution is 5.76. The van der Waals surface area contributed by atoms with Crippen LogP contribution in [0.5, 0.6) is 5.75 Å². The lowest BCUT2D eigenvalue weighted by atomic mass is 10.2. The summed E-state index contributed by atoms with van der Waals surface area (Å²) < 4.78 is 18.3. The van der Waals surface area contributed by atoms with Gasteiger partial charge in [0.25, 0.3) is 0 Å². The Balaban J connectivity index is 1.83. The fraction of sp³-hybridized carbons (Fsp3) is 0.333. The number of fused-ring (bicyclic) bond motifs is 1. The second kappa shape index (κ2) is 7.42. The molecule has 1 atom stereocenters. The quantitative estimate of drug-likeness (QED) is 0.624. The van der Waals surface area contributed by atoms with Crippen molar-refractivity contribution < 1.29 is 14.2 Å². The maximum Gasteiger partial charge on any atom is 0.178 e. The van der Waals surface area contributed by atoms with Crippen LogP contribution in [0.25, 0.3) is 11.0 Å². The van der Waals surface area contributed by atoms with Crippen LogP contribution in [0.15, 0.2) is 48.5 Å². The van der Waals surface area contributed by atoms with Crippen molar-refractivity contribution in [2.45, 2.75) is 25.9 Å². The van der Waals surface area contributed by atoms with Gasteiger partial charge >= 0.3 is 0 Å². The number of methoxy groups -OCH3 is 2. The summed E-state index contributed by atoms with van der Waals surface area (Å²) in [6, 6.07) is 15.7. The van der Waals surface area contributed by atoms with Crippen LogP contribution < -0.4 is 4.74 Å². The first kappa shape index (κ1) is 16.4. The Bertz CT molecular complexity index is 785. The summed E-state index contributed by atoms with van der Waals surface area (Å²) in [5, 5.41) is 8.42. The molecule has 0 aliphatic heterocycles. The van der Waals surface area contributed by atoms with E-state index >= 15 is 0 Å². The Hall–Kier alpha value is -2.44. The molecule has 0 aliphatic carbocycles. The zero-order valence-corrected chi connectivity index (χ0v) is 14.0. The molecule has 24 heavy (non-hydrogen) atoms. The third-order valence-electron chi connectivity index (χ3n) is 3.94. The minimum atomic E-state index is -0.399. The number of rotatable bonds is 7. The summed E-state index contributed by atoms with van der Waals surface area (Å²) in [6.07, 6.45) is -0.399. The van der Waals surface area contributed by atoms with E-state index in [2.05, 4.69) is 10.3 Å². The van der Waals surface area contributed by atoms with Gasteiger partial charge in [-0.05, 0) is 24.6 Å². The van der Waals surface area contributed by atoms with Gasteiger partial charge in [0.1, 0.15) is 23.9 Å². The molecule has 3 aromatic rings. The van der Waals surface area contributed by atoms with Gasteiger partial charge in [0.15, 0.2) is 6.29 Å². The highest BCUT2D eigenvalue weighted by atomic mass is 16.7. The molecule has 0 aliphatic rings. The van der Waals surface area contributed by atoms with Crippen molar-refractivity contribution in [1.82, 2.24) is 15.0 Å². The van der Waals surface area contributed by atoms with Gasteiger partial charge in [0.05, 0.1) is 5.52 Å². The minimum absolute atomic E-state index is 0.116. The van der Waals surface area contributed by atoms with E-state index < -0.39 is 6.29 Å². The van der Waals surface area contributed by atoms with Crippen LogP contribution in [0.3, 0.4) is 0 Å². The summed E-state index contributed by atoms with van der Waals surface area (Å²) in [6.45, 7) is 2.49. The largest absolute Gasteiger partial charge is 0.489 e. The maximum absolute atomic E-state index is 5.89. The Morgan fingerprint density at radius 2 is 1.79 bits per heavy atom. The van der Waals surface area contributed by atoms with Gasteiger partial charge in [-0.3, -0.25) is 0 Å². The first-order chi connectivity index (χ1) is 11.7. The number of nitrogens with zero attached hydrogens (tertiary/aromatic N) is 3. The van der Waals surface area contributed by atoms with E-state index in [1.807, 2.05) is 55.5 Å². The fourth-order valence-electron chi connectivity index (χ4n) is 2.65. The number of aromatic nitrogens is 3. The van der Waals surface area contributed by atoms with E-state index in [1.165, 1.54) is 0 Å². The fourth-order valence-corrected chi connectivity index (χ4v) is 2.65. The second-order valence-corrected chi connectivity index (χ2v) is 5.54. The lowest BCUT2D eigenvalue weighted by molar-refractivity contribution is -0.129. The van der Waals surface area contributed by atoms with Gasteiger partial charge in [-0.1, -0.05) is 35.5 Å². The molecule has 3 rings (SSSR count). The van der Waals surface area contributed by atoms with E-state index in [1.54, 1.807) is 18.9 Å². The van der Waals surface area contributed by atoms with E-state index in [0.717, 1.165) is 22.3 Å². The van der Waals surface area contributed by atoms with Crippen molar-refractivity contribution in [2.75, 3.05) is 14.2 Å². The average Bonchev–Trinajstić information content (AvgIpc) is 3.05. The molecule has 0 N–H and O–H groups in total. The molecule has 6 heteroatoms. The molecule has 2 aromatic carbocycles. The lowest BCUT2D eigenvalue weighted by Crippen LogP contribution is -2.26. The van der Waals surface area contributed by atoms with Gasteiger partial charge in [0, 0.05) is 20.3 Å². The van der Waals surface area contributed by atoms with E-state index in [4.69, 9.17) is 14.2 Å². The predicted octanol–water partition coefficient (Wildman–Crippen LogP) is 3.19. The molecule has 0 saturated heterocycles. The van der Waals surface area contributed by atoms with Gasteiger partial charge < -0.3 is 14.2 Å². The van der Waals surface area contributed by atoms with Crippen molar-refractivity contribution in [3.8, 4) is 5.75 Å². The topological polar surface area (TPSA) is 58.4 Å². The molecule has 1 heterocycles. The van der Waals surface area contributed by atoms with Crippen molar-refractivity contribution in [1.29, 1.82) is 0 Å². The van der Waals surface area contributed by atoms with Crippen molar-refractivity contribution in [3.63, 3.8) is 0 Å². The third kappa shape index (κ3) is 3.39. The molecule has 0 amide bonds. The Kier molecular flexibility index (Phi) is 5.08. The highest BCUT2D eigenvalue weighted by Crippen LogP contribution is 2.24. The monoisotopic (exact) mass is 327 g/mol. The molecule has 0 fully saturated rings. The third-order valence-corrected chi connectivity index (χ3v) is 3.94. The molecular formula is C18H21N3O3. The summed E-state index contributed by atoms with van der Waals surface area (Å²) in [5.41, 5.74) is 2.81. The smallest absolute Gasteiger partial charge is 0.178 e. The molecule has 1 aromatic heterocycles. The number of hydrogen-bond acceptors (Lipinski definition) is 5. The Morgan fingerprint density at radius 1 is 1.04 bits per heavy atom. The zero-order valence-electron chi connectivity index (χ0n) is 14.0. The molecule has 0 radical (unpaired) electrons. The standard InChI is InChI=1S/C18H21N3O3/c1-13(18(22-2)23-3)21-17-11-15(9-10-16(17)19-20-21)24-12-14-7-5-4-6-8-14/h4-11,13,18H,12H2,1-3H3. The van der Waals surface area contributed by atoms with Crippen molar-refractivity contribution in [2.24, 2.45) is 0 Å². The van der Waals surface area contributed by atoms with E-state index in [-0.39, 0.29) is 6.04 Å². The SMILES string of the molecule is COC(OC)C(C)n1nnc2ccc(OCc3ccccc3)cc21. The van der Waals surface area contributed by atoms with E-state index in [9.17, 15) is 0 Å². The van der Waals surface area contributed by atoms with Crippen molar-refractivity contribution >= 4 is 11.0 Å². The first-order valence-electron chi connectivity index (χ1n) is 7.80. The zero-order chi connectivity index (χ0) is 16.9.